The molecule has 0 atom stereocenters. The summed E-state index contributed by atoms with van der Waals surface area (Å²) in [4.78, 5) is 2.47. The van der Waals surface area contributed by atoms with Crippen LogP contribution < -0.4 is 9.47 Å². The Labute approximate surface area is 173 Å². The molecule has 0 saturated heterocycles. The topological polar surface area (TPSA) is 18.5 Å². The van der Waals surface area contributed by atoms with Gasteiger partial charge in [-0.3, -0.25) is 0 Å². The van der Waals surface area contributed by atoms with E-state index in [2.05, 4.69) is 78.9 Å². The molecule has 2 aliphatic heterocycles. The van der Waals surface area contributed by atoms with Gasteiger partial charge in [0.1, 0.15) is 11.5 Å². The van der Waals surface area contributed by atoms with Gasteiger partial charge in [-0.2, -0.15) is 0 Å². The van der Waals surface area contributed by atoms with Crippen LogP contribution in [-0.2, 0) is 5.60 Å². The van der Waals surface area contributed by atoms with Crippen LogP contribution in [0.4, 0.5) is 0 Å². The summed E-state index contributed by atoms with van der Waals surface area (Å²) in [5, 5.41) is 2.13. The van der Waals surface area contributed by atoms with E-state index < -0.39 is 5.60 Å². The minimum absolute atomic E-state index is 0.636. The van der Waals surface area contributed by atoms with Gasteiger partial charge in [-0.05, 0) is 30.3 Å². The second kappa shape index (κ2) is 6.16. The second-order valence-corrected chi connectivity index (χ2v) is 8.39. The van der Waals surface area contributed by atoms with Gasteiger partial charge in [0.25, 0.3) is 0 Å². The van der Waals surface area contributed by atoms with Gasteiger partial charge < -0.3 is 9.47 Å². The van der Waals surface area contributed by atoms with Crippen molar-refractivity contribution in [3.63, 3.8) is 0 Å². The highest BCUT2D eigenvalue weighted by atomic mass is 32.2. The smallest absolute Gasteiger partial charge is 0.180 e. The number of hydrogen-bond acceptors (Lipinski definition) is 3. The van der Waals surface area contributed by atoms with Crippen molar-refractivity contribution < 1.29 is 9.47 Å². The molecule has 0 aliphatic carbocycles. The molecule has 0 fully saturated rings. The fourth-order valence-corrected chi connectivity index (χ4v) is 5.61. The highest BCUT2D eigenvalue weighted by Crippen LogP contribution is 2.53. The molecule has 0 saturated carbocycles. The van der Waals surface area contributed by atoms with E-state index in [1.165, 1.54) is 20.9 Å². The molecule has 0 aromatic heterocycles. The quantitative estimate of drug-likeness (QED) is 0.359. The molecular weight excluding hydrogens is 376 g/mol. The summed E-state index contributed by atoms with van der Waals surface area (Å²) in [7, 11) is 1.71. The lowest BCUT2D eigenvalue weighted by Crippen LogP contribution is -2.37. The molecule has 0 bridgehead atoms. The standard InChI is InChI=1S/C26H18O2S/c1-27-22-10-6-7-19-18(22)14-13-17-15-16-26(28-25(17)19)20-8-2-4-11-23(20)29-24-12-5-3-9-21(24)26/h2-16H,1H3. The summed E-state index contributed by atoms with van der Waals surface area (Å²) in [5.41, 5.74) is 2.82. The van der Waals surface area contributed by atoms with Gasteiger partial charge in [-0.15, -0.1) is 0 Å². The monoisotopic (exact) mass is 394 g/mol. The third kappa shape index (κ3) is 2.31. The molecule has 4 aromatic carbocycles. The van der Waals surface area contributed by atoms with E-state index in [0.29, 0.717) is 0 Å². The van der Waals surface area contributed by atoms with Crippen molar-refractivity contribution in [2.45, 2.75) is 15.4 Å². The fraction of sp³-hybridized carbons (Fsp3) is 0.0769. The van der Waals surface area contributed by atoms with E-state index in [4.69, 9.17) is 9.47 Å². The maximum Gasteiger partial charge on any atom is 0.180 e. The molecule has 4 aromatic rings. The van der Waals surface area contributed by atoms with Crippen LogP contribution in [0.1, 0.15) is 16.7 Å². The van der Waals surface area contributed by atoms with Gasteiger partial charge in [-0.1, -0.05) is 72.4 Å². The van der Waals surface area contributed by atoms with Crippen LogP contribution in [0, 0.1) is 0 Å². The first-order chi connectivity index (χ1) is 14.3. The summed E-state index contributed by atoms with van der Waals surface area (Å²) in [5.74, 6) is 1.76. The summed E-state index contributed by atoms with van der Waals surface area (Å²) in [6.45, 7) is 0. The lowest BCUT2D eigenvalue weighted by molar-refractivity contribution is 0.156. The van der Waals surface area contributed by atoms with E-state index >= 15 is 0 Å². The Bertz CT molecular complexity index is 1260. The number of hydrogen-bond donors (Lipinski definition) is 0. The first-order valence-corrected chi connectivity index (χ1v) is 10.5. The number of fused-ring (bicyclic) bond motifs is 7. The fourth-order valence-electron chi connectivity index (χ4n) is 4.42. The molecule has 0 N–H and O–H groups in total. The molecule has 0 amide bonds. The molecule has 6 rings (SSSR count). The van der Waals surface area contributed by atoms with Gasteiger partial charge >= 0.3 is 0 Å². The zero-order chi connectivity index (χ0) is 19.4. The highest BCUT2D eigenvalue weighted by molar-refractivity contribution is 7.99. The van der Waals surface area contributed by atoms with Crippen molar-refractivity contribution in [3.8, 4) is 11.5 Å². The van der Waals surface area contributed by atoms with E-state index in [1.54, 1.807) is 7.11 Å². The van der Waals surface area contributed by atoms with E-state index in [1.807, 2.05) is 23.9 Å². The minimum Gasteiger partial charge on any atom is -0.496 e. The first kappa shape index (κ1) is 16.8. The Morgan fingerprint density at radius 3 is 2.21 bits per heavy atom. The van der Waals surface area contributed by atoms with Crippen LogP contribution in [0.25, 0.3) is 16.8 Å². The number of ether oxygens (including phenoxy) is 2. The van der Waals surface area contributed by atoms with Crippen molar-refractivity contribution in [1.29, 1.82) is 0 Å². The molecule has 2 nitrogen and oxygen atoms in total. The van der Waals surface area contributed by atoms with Gasteiger partial charge in [0.2, 0.25) is 0 Å². The predicted octanol–water partition coefficient (Wildman–Crippen LogP) is 6.66. The summed E-state index contributed by atoms with van der Waals surface area (Å²) < 4.78 is 12.6. The summed E-state index contributed by atoms with van der Waals surface area (Å²) in [6.07, 6.45) is 4.40. The Morgan fingerprint density at radius 1 is 0.759 bits per heavy atom. The van der Waals surface area contributed by atoms with Crippen molar-refractivity contribution in [3.05, 3.63) is 102 Å². The van der Waals surface area contributed by atoms with Gasteiger partial charge in [0.15, 0.2) is 5.60 Å². The number of rotatable bonds is 1. The average molecular weight is 394 g/mol. The van der Waals surface area contributed by atoms with Crippen molar-refractivity contribution >= 4 is 28.6 Å². The van der Waals surface area contributed by atoms with E-state index in [9.17, 15) is 0 Å². The van der Waals surface area contributed by atoms with Gasteiger partial charge in [0.05, 0.1) is 7.11 Å². The van der Waals surface area contributed by atoms with Crippen LogP contribution in [0.5, 0.6) is 11.5 Å². The predicted molar refractivity (Wildman–Crippen MR) is 118 cm³/mol. The van der Waals surface area contributed by atoms with Crippen molar-refractivity contribution in [2.24, 2.45) is 0 Å². The molecule has 3 heteroatoms. The van der Waals surface area contributed by atoms with E-state index in [-0.39, 0.29) is 0 Å². The molecule has 2 aliphatic rings. The molecule has 0 unspecified atom stereocenters. The third-order valence-corrected chi connectivity index (χ3v) is 6.93. The van der Waals surface area contributed by atoms with Crippen molar-refractivity contribution in [1.82, 2.24) is 0 Å². The van der Waals surface area contributed by atoms with Crippen LogP contribution in [0.3, 0.4) is 0 Å². The van der Waals surface area contributed by atoms with Gasteiger partial charge in [-0.25, -0.2) is 0 Å². The summed E-state index contributed by atoms with van der Waals surface area (Å²) >= 11 is 1.81. The number of benzene rings is 4. The number of methoxy groups -OCH3 is 1. The van der Waals surface area contributed by atoms with Crippen LogP contribution in [-0.4, -0.2) is 7.11 Å². The molecule has 29 heavy (non-hydrogen) atoms. The average Bonchev–Trinajstić information content (AvgIpc) is 2.79. The Hall–Kier alpha value is -3.17. The molecule has 2 heterocycles. The van der Waals surface area contributed by atoms with Crippen LogP contribution in [0.2, 0.25) is 0 Å². The lowest BCUT2D eigenvalue weighted by Gasteiger charge is -2.41. The normalized spacial score (nSPS) is 15.3. The van der Waals surface area contributed by atoms with E-state index in [0.717, 1.165) is 27.8 Å². The third-order valence-electron chi connectivity index (χ3n) is 5.78. The van der Waals surface area contributed by atoms with Crippen molar-refractivity contribution in [2.75, 3.05) is 7.11 Å². The Balaban J connectivity index is 1.65. The van der Waals surface area contributed by atoms with Crippen LogP contribution >= 0.6 is 11.8 Å². The zero-order valence-corrected chi connectivity index (χ0v) is 16.7. The highest BCUT2D eigenvalue weighted by Gasteiger charge is 2.43. The molecule has 1 spiro atoms. The largest absolute Gasteiger partial charge is 0.496 e. The SMILES string of the molecule is COc1cccc2c3c(ccc12)C=CC1(O3)c2ccccc2Sc2ccccc21. The second-order valence-electron chi connectivity index (χ2n) is 7.30. The Kier molecular flexibility index (Phi) is 3.56. The van der Waals surface area contributed by atoms with Crippen LogP contribution in [0.15, 0.2) is 94.7 Å². The Morgan fingerprint density at radius 2 is 1.48 bits per heavy atom. The minimum atomic E-state index is -0.636. The zero-order valence-electron chi connectivity index (χ0n) is 15.9. The maximum absolute atomic E-state index is 6.97. The molecule has 140 valence electrons. The molecular formula is C26H18O2S. The molecule has 0 radical (unpaired) electrons. The lowest BCUT2D eigenvalue weighted by atomic mass is 9.82. The maximum atomic E-state index is 6.97. The van der Waals surface area contributed by atoms with Gasteiger partial charge in [0, 0.05) is 37.3 Å². The first-order valence-electron chi connectivity index (χ1n) is 9.65. The summed E-state index contributed by atoms with van der Waals surface area (Å²) in [6, 6.07) is 27.4.